The molecule has 2 fully saturated rings. The molecule has 2 aliphatic carbocycles. The Morgan fingerprint density at radius 2 is 1.96 bits per heavy atom. The Hall–Kier alpha value is -1.99. The van der Waals surface area contributed by atoms with Crippen molar-refractivity contribution in [1.29, 1.82) is 0 Å². The Bertz CT molecular complexity index is 820. The van der Waals surface area contributed by atoms with Crippen LogP contribution in [0, 0.1) is 22.0 Å². The van der Waals surface area contributed by atoms with Gasteiger partial charge in [0.15, 0.2) is 0 Å². The third-order valence-corrected chi connectivity index (χ3v) is 6.72. The van der Waals surface area contributed by atoms with Crippen molar-refractivity contribution in [2.45, 2.75) is 44.2 Å². The first kappa shape index (κ1) is 16.5. The van der Waals surface area contributed by atoms with E-state index in [4.69, 9.17) is 5.73 Å². The van der Waals surface area contributed by atoms with E-state index < -0.39 is 4.92 Å². The van der Waals surface area contributed by atoms with Gasteiger partial charge in [0.2, 0.25) is 0 Å². The lowest BCUT2D eigenvalue weighted by Gasteiger charge is -2.45. The minimum atomic E-state index is -0.413. The number of nitro groups is 1. The second kappa shape index (κ2) is 6.38. The van der Waals surface area contributed by atoms with Gasteiger partial charge in [0.25, 0.3) is 11.6 Å². The Morgan fingerprint density at radius 1 is 1.24 bits per heavy atom. The fourth-order valence-electron chi connectivity index (χ4n) is 4.50. The van der Waals surface area contributed by atoms with Gasteiger partial charge in [0.05, 0.1) is 9.80 Å². The summed E-state index contributed by atoms with van der Waals surface area (Å²) in [4.78, 5) is 23.9. The molecule has 0 saturated heterocycles. The number of nitrogens with one attached hydrogen (secondary N) is 1. The average Bonchev–Trinajstić information content (AvgIpc) is 2.98. The molecule has 2 bridgehead atoms. The van der Waals surface area contributed by atoms with Crippen LogP contribution in [0.15, 0.2) is 24.3 Å². The zero-order valence-corrected chi connectivity index (χ0v) is 14.6. The quantitative estimate of drug-likeness (QED) is 0.648. The molecule has 1 amide bonds. The lowest BCUT2D eigenvalue weighted by molar-refractivity contribution is -0.384. The number of thiophene rings is 1. The van der Waals surface area contributed by atoms with Crippen molar-refractivity contribution in [2.24, 2.45) is 17.6 Å². The molecule has 132 valence electrons. The standard InChI is InChI=1S/C18H21N3O3S/c19-13-6-10-2-1-3-11(7-13)17(10)20-18(22)16-9-12-8-14(21(23)24)4-5-15(12)25-16/h4-5,8-11,13,17H,1-3,6-7,19H2,(H,20,22). The van der Waals surface area contributed by atoms with Crippen molar-refractivity contribution in [2.75, 3.05) is 0 Å². The maximum Gasteiger partial charge on any atom is 0.270 e. The van der Waals surface area contributed by atoms with E-state index in [-0.39, 0.29) is 23.7 Å². The molecule has 2 aliphatic rings. The monoisotopic (exact) mass is 359 g/mol. The molecule has 0 spiro atoms. The number of nitro benzene ring substituents is 1. The smallest absolute Gasteiger partial charge is 0.270 e. The number of non-ortho nitro benzene ring substituents is 1. The minimum absolute atomic E-state index is 0.0491. The van der Waals surface area contributed by atoms with Crippen LogP contribution in [0.1, 0.15) is 41.8 Å². The van der Waals surface area contributed by atoms with Gasteiger partial charge in [-0.15, -0.1) is 11.3 Å². The number of carbonyl (C=O) groups excluding carboxylic acids is 1. The topological polar surface area (TPSA) is 98.3 Å². The van der Waals surface area contributed by atoms with Crippen molar-refractivity contribution in [3.8, 4) is 0 Å². The van der Waals surface area contributed by atoms with Gasteiger partial charge < -0.3 is 11.1 Å². The van der Waals surface area contributed by atoms with Gasteiger partial charge in [-0.25, -0.2) is 0 Å². The van der Waals surface area contributed by atoms with Crippen molar-refractivity contribution >= 4 is 33.0 Å². The van der Waals surface area contributed by atoms with E-state index >= 15 is 0 Å². The first-order valence-electron chi connectivity index (χ1n) is 8.75. The molecular weight excluding hydrogens is 338 g/mol. The third kappa shape index (κ3) is 3.14. The SMILES string of the molecule is NC1CC2CCCC(C1)C2NC(=O)c1cc2cc([N+](=O)[O-])ccc2s1. The molecule has 1 aromatic heterocycles. The molecule has 0 aliphatic heterocycles. The van der Waals surface area contributed by atoms with Crippen LogP contribution in [0.5, 0.6) is 0 Å². The van der Waals surface area contributed by atoms with Crippen molar-refractivity contribution in [3.05, 3.63) is 39.3 Å². The molecule has 4 rings (SSSR count). The number of benzene rings is 1. The van der Waals surface area contributed by atoms with E-state index in [1.807, 2.05) is 0 Å². The van der Waals surface area contributed by atoms with Gasteiger partial charge in [-0.3, -0.25) is 14.9 Å². The summed E-state index contributed by atoms with van der Waals surface area (Å²) in [7, 11) is 0. The summed E-state index contributed by atoms with van der Waals surface area (Å²) < 4.78 is 0.890. The summed E-state index contributed by atoms with van der Waals surface area (Å²) in [6.45, 7) is 0. The molecule has 3 N–H and O–H groups in total. The van der Waals surface area contributed by atoms with Gasteiger partial charge in [-0.05, 0) is 49.7 Å². The summed E-state index contributed by atoms with van der Waals surface area (Å²) in [5.74, 6) is 0.880. The van der Waals surface area contributed by atoms with E-state index in [0.717, 1.165) is 35.8 Å². The number of hydrogen-bond donors (Lipinski definition) is 2. The Balaban J connectivity index is 1.55. The number of fused-ring (bicyclic) bond motifs is 3. The highest BCUT2D eigenvalue weighted by Crippen LogP contribution is 2.40. The fraction of sp³-hybridized carbons (Fsp3) is 0.500. The number of nitrogens with two attached hydrogens (primary N) is 1. The Labute approximate surface area is 149 Å². The van der Waals surface area contributed by atoms with Crippen LogP contribution in [0.25, 0.3) is 10.1 Å². The summed E-state index contributed by atoms with van der Waals surface area (Å²) in [6.07, 6.45) is 5.46. The molecular formula is C18H21N3O3S. The molecule has 1 heterocycles. The highest BCUT2D eigenvalue weighted by Gasteiger charge is 2.40. The molecule has 6 nitrogen and oxygen atoms in total. The molecule has 2 atom stereocenters. The molecule has 7 heteroatoms. The molecule has 2 aromatic rings. The normalized spacial score (nSPS) is 28.7. The van der Waals surface area contributed by atoms with Crippen molar-refractivity contribution < 1.29 is 9.72 Å². The van der Waals surface area contributed by atoms with Crippen LogP contribution in [0.4, 0.5) is 5.69 Å². The van der Waals surface area contributed by atoms with Crippen LogP contribution < -0.4 is 11.1 Å². The van der Waals surface area contributed by atoms with Crippen LogP contribution in [-0.2, 0) is 0 Å². The average molecular weight is 359 g/mol. The molecule has 2 saturated carbocycles. The summed E-state index contributed by atoms with van der Waals surface area (Å²) >= 11 is 1.38. The maximum atomic E-state index is 12.7. The van der Waals surface area contributed by atoms with Crippen LogP contribution in [-0.4, -0.2) is 22.9 Å². The van der Waals surface area contributed by atoms with Gasteiger partial charge in [-0.1, -0.05) is 6.42 Å². The number of hydrogen-bond acceptors (Lipinski definition) is 5. The van der Waals surface area contributed by atoms with Gasteiger partial charge in [0, 0.05) is 34.3 Å². The van der Waals surface area contributed by atoms with E-state index in [2.05, 4.69) is 5.32 Å². The first-order chi connectivity index (χ1) is 12.0. The van der Waals surface area contributed by atoms with Crippen LogP contribution >= 0.6 is 11.3 Å². The number of nitrogens with zero attached hydrogens (tertiary/aromatic N) is 1. The van der Waals surface area contributed by atoms with Crippen LogP contribution in [0.3, 0.4) is 0 Å². The molecule has 1 aromatic carbocycles. The molecule has 0 radical (unpaired) electrons. The van der Waals surface area contributed by atoms with E-state index in [1.165, 1.54) is 29.9 Å². The lowest BCUT2D eigenvalue weighted by Crippen LogP contribution is -2.53. The minimum Gasteiger partial charge on any atom is -0.348 e. The van der Waals surface area contributed by atoms with Crippen LogP contribution in [0.2, 0.25) is 0 Å². The summed E-state index contributed by atoms with van der Waals surface area (Å²) in [5, 5.41) is 14.9. The number of rotatable bonds is 3. The second-order valence-corrected chi connectivity index (χ2v) is 8.36. The van der Waals surface area contributed by atoms with Gasteiger partial charge >= 0.3 is 0 Å². The van der Waals surface area contributed by atoms with E-state index in [1.54, 1.807) is 12.1 Å². The summed E-state index contributed by atoms with van der Waals surface area (Å²) in [5.41, 5.74) is 6.20. The zero-order chi connectivity index (χ0) is 17.6. The van der Waals surface area contributed by atoms with E-state index in [9.17, 15) is 14.9 Å². The van der Waals surface area contributed by atoms with Crippen molar-refractivity contribution in [1.82, 2.24) is 5.32 Å². The predicted molar refractivity (Wildman–Crippen MR) is 97.8 cm³/mol. The van der Waals surface area contributed by atoms with E-state index in [0.29, 0.717) is 16.7 Å². The van der Waals surface area contributed by atoms with Gasteiger partial charge in [0.1, 0.15) is 0 Å². The Morgan fingerprint density at radius 3 is 2.64 bits per heavy atom. The number of amides is 1. The zero-order valence-electron chi connectivity index (χ0n) is 13.8. The third-order valence-electron chi connectivity index (χ3n) is 5.61. The van der Waals surface area contributed by atoms with Crippen molar-refractivity contribution in [3.63, 3.8) is 0 Å². The highest BCUT2D eigenvalue weighted by atomic mass is 32.1. The molecule has 25 heavy (non-hydrogen) atoms. The van der Waals surface area contributed by atoms with Gasteiger partial charge in [-0.2, -0.15) is 0 Å². The Kier molecular flexibility index (Phi) is 4.21. The largest absolute Gasteiger partial charge is 0.348 e. The lowest BCUT2D eigenvalue weighted by atomic mass is 9.67. The predicted octanol–water partition coefficient (Wildman–Crippen LogP) is 3.45. The first-order valence-corrected chi connectivity index (χ1v) is 9.57. The molecule has 2 unspecified atom stereocenters. The fourth-order valence-corrected chi connectivity index (χ4v) is 5.45. The number of carbonyl (C=O) groups is 1. The second-order valence-electron chi connectivity index (χ2n) is 7.27. The summed E-state index contributed by atoms with van der Waals surface area (Å²) in [6, 6.07) is 6.94. The highest BCUT2D eigenvalue weighted by molar-refractivity contribution is 7.20. The maximum absolute atomic E-state index is 12.7.